The smallest absolute Gasteiger partial charge is 0.343 e. The van der Waals surface area contributed by atoms with E-state index in [9.17, 15) is 19.2 Å². The van der Waals surface area contributed by atoms with Crippen LogP contribution in [-0.4, -0.2) is 23.9 Å². The molecule has 67 heavy (non-hydrogen) atoms. The third-order valence-corrected chi connectivity index (χ3v) is 11.4. The summed E-state index contributed by atoms with van der Waals surface area (Å²) in [5.74, 6) is -3.98. The maximum atomic E-state index is 15.2. The van der Waals surface area contributed by atoms with E-state index in [1.165, 1.54) is 180 Å². The van der Waals surface area contributed by atoms with Crippen LogP contribution < -0.4 is 18.9 Å². The van der Waals surface area contributed by atoms with E-state index in [1.54, 1.807) is 12.1 Å². The Labute approximate surface area is 392 Å². The maximum Gasteiger partial charge on any atom is 0.343 e. The summed E-state index contributed by atoms with van der Waals surface area (Å²) >= 11 is 0. The number of ether oxygens (including phenoxy) is 4. The van der Waals surface area contributed by atoms with Gasteiger partial charge in [-0.05, 0) is 127 Å². The van der Waals surface area contributed by atoms with Crippen LogP contribution >= 0.6 is 0 Å². The number of halogens is 1. The zero-order chi connectivity index (χ0) is 47.2. The van der Waals surface area contributed by atoms with Crippen molar-refractivity contribution in [3.8, 4) is 40.2 Å². The number of carbonyl (C=O) groups is 4. The summed E-state index contributed by atoms with van der Waals surface area (Å²) in [6, 6.07) is 38.1. The van der Waals surface area contributed by atoms with E-state index in [2.05, 4.69) is 31.2 Å². The molecule has 0 fully saturated rings. The van der Waals surface area contributed by atoms with Crippen molar-refractivity contribution in [1.29, 1.82) is 5.26 Å². The lowest BCUT2D eigenvalue weighted by Gasteiger charge is -2.10. The number of nitrogens with zero attached hydrogens (tertiary/aromatic N) is 1. The summed E-state index contributed by atoms with van der Waals surface area (Å²) in [5, 5.41) is 8.94. The van der Waals surface area contributed by atoms with Crippen molar-refractivity contribution in [3.05, 3.63) is 179 Å². The monoisotopic (exact) mass is 901 g/mol. The second-order valence-electron chi connectivity index (χ2n) is 16.5. The quantitative estimate of drug-likeness (QED) is 0.0331. The molecule has 344 valence electrons. The lowest BCUT2D eigenvalue weighted by atomic mass is 10.00. The van der Waals surface area contributed by atoms with Crippen molar-refractivity contribution in [3.63, 3.8) is 0 Å². The van der Waals surface area contributed by atoms with Gasteiger partial charge in [0, 0.05) is 0 Å². The zero-order valence-electron chi connectivity index (χ0n) is 38.0. The molecule has 10 heteroatoms. The molecule has 0 bridgehead atoms. The van der Waals surface area contributed by atoms with Crippen LogP contribution in [0.15, 0.2) is 140 Å². The van der Waals surface area contributed by atoms with E-state index in [-0.39, 0.29) is 45.3 Å². The number of unbranched alkanes of at least 4 members (excludes halogenated alkanes) is 13. The third kappa shape index (κ3) is 15.6. The van der Waals surface area contributed by atoms with Gasteiger partial charge in [0.1, 0.15) is 17.2 Å². The Morgan fingerprint density at radius 3 is 1.42 bits per heavy atom. The van der Waals surface area contributed by atoms with E-state index in [0.717, 1.165) is 23.6 Å². The predicted molar refractivity (Wildman–Crippen MR) is 256 cm³/mol. The van der Waals surface area contributed by atoms with Crippen LogP contribution in [-0.2, 0) is 6.42 Å². The Balaban J connectivity index is 0.907. The number of hydrogen-bond acceptors (Lipinski definition) is 9. The van der Waals surface area contributed by atoms with Gasteiger partial charge < -0.3 is 18.9 Å². The number of carbonyl (C=O) groups excluding carboxylic acids is 4. The first-order valence-corrected chi connectivity index (χ1v) is 23.3. The van der Waals surface area contributed by atoms with Crippen molar-refractivity contribution < 1.29 is 42.5 Å². The summed E-state index contributed by atoms with van der Waals surface area (Å²) < 4.78 is 36.7. The molecule has 0 aliphatic carbocycles. The number of nitriles is 1. The zero-order valence-corrected chi connectivity index (χ0v) is 38.0. The Bertz CT molecular complexity index is 2600. The lowest BCUT2D eigenvalue weighted by molar-refractivity contribution is 0.0711. The third-order valence-electron chi connectivity index (χ3n) is 11.4. The SMILES string of the molecule is CCCCCCCCCCCCCCCCc1ccc(-c2ccc(C(=O)Oc3ccc(C(=O)Oc4cccc(C(=O)Oc5ccc(C(=O)Oc6ccc(C#N)cc6)cc5)c4)cc3F)cc2)cc1. The summed E-state index contributed by atoms with van der Waals surface area (Å²) in [4.78, 5) is 51.4. The molecule has 0 spiro atoms. The molecular weight excluding hydrogens is 846 g/mol. The first-order chi connectivity index (χ1) is 32.7. The van der Waals surface area contributed by atoms with Crippen LogP contribution in [0.5, 0.6) is 23.0 Å². The molecule has 0 unspecified atom stereocenters. The van der Waals surface area contributed by atoms with Crippen LogP contribution in [0.3, 0.4) is 0 Å². The Morgan fingerprint density at radius 1 is 0.448 bits per heavy atom. The van der Waals surface area contributed by atoms with Gasteiger partial charge in [-0.25, -0.2) is 23.6 Å². The van der Waals surface area contributed by atoms with Crippen LogP contribution in [0.1, 0.15) is 149 Å². The van der Waals surface area contributed by atoms with Gasteiger partial charge in [0.2, 0.25) is 0 Å². The summed E-state index contributed by atoms with van der Waals surface area (Å²) in [6.45, 7) is 2.27. The van der Waals surface area contributed by atoms with E-state index < -0.39 is 29.7 Å². The second-order valence-corrected chi connectivity index (χ2v) is 16.5. The minimum Gasteiger partial charge on any atom is -0.423 e. The number of benzene rings is 6. The minimum atomic E-state index is -0.945. The average molecular weight is 902 g/mol. The van der Waals surface area contributed by atoms with Gasteiger partial charge in [-0.3, -0.25) is 0 Å². The van der Waals surface area contributed by atoms with E-state index in [4.69, 9.17) is 24.2 Å². The summed E-state index contributed by atoms with van der Waals surface area (Å²) in [7, 11) is 0. The molecule has 0 saturated heterocycles. The van der Waals surface area contributed by atoms with Gasteiger partial charge in [0.25, 0.3) is 0 Å². The summed E-state index contributed by atoms with van der Waals surface area (Å²) in [6.07, 6.45) is 19.9. The largest absolute Gasteiger partial charge is 0.423 e. The topological polar surface area (TPSA) is 129 Å². The first-order valence-electron chi connectivity index (χ1n) is 23.3. The normalized spacial score (nSPS) is 10.8. The van der Waals surface area contributed by atoms with Crippen molar-refractivity contribution in [2.75, 3.05) is 0 Å². The highest BCUT2D eigenvalue weighted by Crippen LogP contribution is 2.26. The predicted octanol–water partition coefficient (Wildman–Crippen LogP) is 14.3. The molecular formula is C57H56FNO8. The lowest BCUT2D eigenvalue weighted by Crippen LogP contribution is -2.13. The molecule has 6 aromatic rings. The highest BCUT2D eigenvalue weighted by atomic mass is 19.1. The van der Waals surface area contributed by atoms with Crippen molar-refractivity contribution in [2.24, 2.45) is 0 Å². The van der Waals surface area contributed by atoms with Gasteiger partial charge in [-0.2, -0.15) is 5.26 Å². The Morgan fingerprint density at radius 2 is 0.881 bits per heavy atom. The second kappa shape index (κ2) is 25.9. The average Bonchev–Trinajstić information content (AvgIpc) is 3.35. The molecule has 0 aliphatic rings. The number of rotatable bonds is 24. The Hall–Kier alpha value is -7.38. The minimum absolute atomic E-state index is 0.00383. The maximum absolute atomic E-state index is 15.2. The van der Waals surface area contributed by atoms with Crippen LogP contribution in [0, 0.1) is 17.1 Å². The fraction of sp³-hybridized carbons (Fsp3) is 0.281. The first kappa shape index (κ1) is 49.1. The molecule has 0 atom stereocenters. The molecule has 6 rings (SSSR count). The highest BCUT2D eigenvalue weighted by Gasteiger charge is 2.18. The fourth-order valence-electron chi connectivity index (χ4n) is 7.50. The standard InChI is InChI=1S/C57H56FNO8/c1-2-3-4-5-6-7-8-9-10-11-12-13-14-15-17-41-20-24-43(25-21-41)44-26-28-45(29-27-44)55(61)67-53-37-32-48(39-52(53)58)57(63)66-51-19-16-18-47(38-51)56(62)65-50-35-30-46(31-36-50)54(60)64-49-33-22-42(40-59)23-34-49/h16,18-39H,2-15,17H2,1H3. The molecule has 0 N–H and O–H groups in total. The molecule has 0 radical (unpaired) electrons. The number of hydrogen-bond donors (Lipinski definition) is 0. The molecule has 9 nitrogen and oxygen atoms in total. The molecule has 6 aromatic carbocycles. The van der Waals surface area contributed by atoms with Crippen molar-refractivity contribution in [1.82, 2.24) is 0 Å². The number of aryl methyl sites for hydroxylation is 1. The van der Waals surface area contributed by atoms with Gasteiger partial charge in [0.15, 0.2) is 11.6 Å². The van der Waals surface area contributed by atoms with Crippen molar-refractivity contribution in [2.45, 2.75) is 103 Å². The van der Waals surface area contributed by atoms with Crippen molar-refractivity contribution >= 4 is 23.9 Å². The van der Waals surface area contributed by atoms with Gasteiger partial charge >= 0.3 is 23.9 Å². The van der Waals surface area contributed by atoms with Gasteiger partial charge in [-0.15, -0.1) is 0 Å². The van der Waals surface area contributed by atoms with E-state index in [0.29, 0.717) is 5.56 Å². The summed E-state index contributed by atoms with van der Waals surface area (Å²) in [5.41, 5.74) is 4.03. The van der Waals surface area contributed by atoms with Gasteiger partial charge in [0.05, 0.1) is 33.9 Å². The van der Waals surface area contributed by atoms with E-state index in [1.807, 2.05) is 18.2 Å². The molecule has 0 heterocycles. The van der Waals surface area contributed by atoms with Crippen LogP contribution in [0.2, 0.25) is 0 Å². The highest BCUT2D eigenvalue weighted by molar-refractivity contribution is 5.95. The van der Waals surface area contributed by atoms with E-state index >= 15 is 4.39 Å². The molecule has 0 saturated carbocycles. The Kier molecular flexibility index (Phi) is 19.0. The molecule has 0 aliphatic heterocycles. The van der Waals surface area contributed by atoms with Gasteiger partial charge in [-0.1, -0.05) is 133 Å². The molecule has 0 aromatic heterocycles. The van der Waals surface area contributed by atoms with Crippen LogP contribution in [0.4, 0.5) is 4.39 Å². The van der Waals surface area contributed by atoms with Crippen LogP contribution in [0.25, 0.3) is 11.1 Å². The molecule has 0 amide bonds. The number of esters is 4. The fourth-order valence-corrected chi connectivity index (χ4v) is 7.50.